The predicted molar refractivity (Wildman–Crippen MR) is 103 cm³/mol. The highest BCUT2D eigenvalue weighted by Crippen LogP contribution is 2.54. The zero-order chi connectivity index (χ0) is 17.1. The van der Waals surface area contributed by atoms with Gasteiger partial charge in [0.15, 0.2) is 0 Å². The molecule has 0 amide bonds. The number of rotatable bonds is 5. The van der Waals surface area contributed by atoms with Gasteiger partial charge in [-0.2, -0.15) is 0 Å². The normalized spacial score (nSPS) is 28.5. The molecule has 0 radical (unpaired) electrons. The van der Waals surface area contributed by atoms with Crippen molar-refractivity contribution < 1.29 is 4.74 Å². The van der Waals surface area contributed by atoms with Crippen LogP contribution in [0.25, 0.3) is 0 Å². The molecule has 0 saturated heterocycles. The van der Waals surface area contributed by atoms with Crippen LogP contribution in [-0.4, -0.2) is 13.2 Å². The molecule has 2 aromatic carbocycles. The molecule has 0 bridgehead atoms. The van der Waals surface area contributed by atoms with Gasteiger partial charge in [-0.05, 0) is 61.5 Å². The van der Waals surface area contributed by atoms with Crippen molar-refractivity contribution in [2.75, 3.05) is 7.11 Å². The molecule has 2 fully saturated rings. The Morgan fingerprint density at radius 3 is 2.28 bits per heavy atom. The molecule has 2 aliphatic carbocycles. The van der Waals surface area contributed by atoms with Crippen LogP contribution < -0.4 is 10.1 Å². The highest BCUT2D eigenvalue weighted by Gasteiger charge is 2.48. The van der Waals surface area contributed by atoms with Crippen molar-refractivity contribution >= 4 is 0 Å². The van der Waals surface area contributed by atoms with Crippen molar-refractivity contribution in [3.63, 3.8) is 0 Å². The van der Waals surface area contributed by atoms with Crippen LogP contribution in [0.1, 0.15) is 55.6 Å². The summed E-state index contributed by atoms with van der Waals surface area (Å²) < 4.78 is 5.49. The SMILES string of the molecule is COc1ccccc1CN[C@H]1CCC12CCC(c1ccccc1)CC2. The first-order chi connectivity index (χ1) is 12.3. The van der Waals surface area contributed by atoms with Gasteiger partial charge in [0.1, 0.15) is 5.75 Å². The van der Waals surface area contributed by atoms with E-state index >= 15 is 0 Å². The van der Waals surface area contributed by atoms with Gasteiger partial charge in [0, 0.05) is 18.2 Å². The van der Waals surface area contributed by atoms with Gasteiger partial charge in [-0.15, -0.1) is 0 Å². The molecule has 0 aliphatic heterocycles. The molecule has 2 aliphatic rings. The Morgan fingerprint density at radius 1 is 0.920 bits per heavy atom. The first kappa shape index (κ1) is 16.7. The molecule has 2 nitrogen and oxygen atoms in total. The van der Waals surface area contributed by atoms with E-state index in [0.29, 0.717) is 11.5 Å². The highest BCUT2D eigenvalue weighted by molar-refractivity contribution is 5.33. The Hall–Kier alpha value is -1.80. The summed E-state index contributed by atoms with van der Waals surface area (Å²) in [5.74, 6) is 1.76. The quantitative estimate of drug-likeness (QED) is 0.801. The molecule has 132 valence electrons. The molecule has 1 spiro atoms. The summed E-state index contributed by atoms with van der Waals surface area (Å²) in [4.78, 5) is 0. The van der Waals surface area contributed by atoms with Crippen LogP contribution in [0.15, 0.2) is 54.6 Å². The van der Waals surface area contributed by atoms with Crippen LogP contribution in [-0.2, 0) is 6.54 Å². The maximum atomic E-state index is 5.49. The summed E-state index contributed by atoms with van der Waals surface area (Å²) in [6, 6.07) is 20.1. The average Bonchev–Trinajstić information content (AvgIpc) is 2.68. The monoisotopic (exact) mass is 335 g/mol. The Kier molecular flexibility index (Phi) is 4.80. The second-order valence-electron chi connectivity index (χ2n) is 7.83. The molecule has 2 aromatic rings. The van der Waals surface area contributed by atoms with Gasteiger partial charge in [-0.3, -0.25) is 0 Å². The van der Waals surface area contributed by atoms with E-state index in [4.69, 9.17) is 4.74 Å². The minimum atomic E-state index is 0.549. The Bertz CT molecular complexity index is 688. The van der Waals surface area contributed by atoms with Gasteiger partial charge in [0.25, 0.3) is 0 Å². The van der Waals surface area contributed by atoms with Gasteiger partial charge in [0.05, 0.1) is 7.11 Å². The van der Waals surface area contributed by atoms with Gasteiger partial charge in [0.2, 0.25) is 0 Å². The third-order valence-corrected chi connectivity index (χ3v) is 6.65. The molecule has 1 N–H and O–H groups in total. The summed E-state index contributed by atoms with van der Waals surface area (Å²) in [7, 11) is 1.76. The largest absolute Gasteiger partial charge is 0.496 e. The summed E-state index contributed by atoms with van der Waals surface area (Å²) in [6.07, 6.45) is 8.16. The minimum Gasteiger partial charge on any atom is -0.496 e. The van der Waals surface area contributed by atoms with Crippen LogP contribution in [0.4, 0.5) is 0 Å². The fraction of sp³-hybridized carbons (Fsp3) is 0.478. The van der Waals surface area contributed by atoms with E-state index in [-0.39, 0.29) is 0 Å². The molecule has 1 atom stereocenters. The second-order valence-corrected chi connectivity index (χ2v) is 7.83. The number of benzene rings is 2. The minimum absolute atomic E-state index is 0.549. The number of methoxy groups -OCH3 is 1. The number of ether oxygens (including phenoxy) is 1. The molecular formula is C23H29NO. The Balaban J connectivity index is 1.35. The predicted octanol–water partition coefficient (Wildman–Crippen LogP) is 5.29. The zero-order valence-corrected chi connectivity index (χ0v) is 15.2. The van der Waals surface area contributed by atoms with Crippen LogP contribution in [0, 0.1) is 5.41 Å². The maximum Gasteiger partial charge on any atom is 0.123 e. The molecule has 0 unspecified atom stereocenters. The summed E-state index contributed by atoms with van der Waals surface area (Å²) in [5.41, 5.74) is 3.35. The molecule has 4 rings (SSSR count). The van der Waals surface area contributed by atoms with Crippen molar-refractivity contribution in [2.45, 2.75) is 57.0 Å². The van der Waals surface area contributed by atoms with Gasteiger partial charge >= 0.3 is 0 Å². The smallest absolute Gasteiger partial charge is 0.123 e. The van der Waals surface area contributed by atoms with E-state index in [9.17, 15) is 0 Å². The van der Waals surface area contributed by atoms with E-state index in [1.165, 1.54) is 49.7 Å². The van der Waals surface area contributed by atoms with Crippen LogP contribution in [0.2, 0.25) is 0 Å². The van der Waals surface area contributed by atoms with Crippen molar-refractivity contribution in [3.8, 4) is 5.75 Å². The van der Waals surface area contributed by atoms with Crippen molar-refractivity contribution in [3.05, 3.63) is 65.7 Å². The molecule has 2 saturated carbocycles. The van der Waals surface area contributed by atoms with Gasteiger partial charge in [-0.25, -0.2) is 0 Å². The second kappa shape index (κ2) is 7.21. The van der Waals surface area contributed by atoms with E-state index in [1.54, 1.807) is 7.11 Å². The summed E-state index contributed by atoms with van der Waals surface area (Å²) >= 11 is 0. The Morgan fingerprint density at radius 2 is 1.60 bits per heavy atom. The standard InChI is InChI=1S/C23H29NO/c1-25-21-10-6-5-9-20(21)17-24-22-13-16-23(22)14-11-19(12-15-23)18-7-3-2-4-8-18/h2-10,19,22,24H,11-17H2,1H3/t19?,22-,23?/m0/s1. The highest BCUT2D eigenvalue weighted by atomic mass is 16.5. The number of para-hydroxylation sites is 1. The number of nitrogens with one attached hydrogen (secondary N) is 1. The van der Waals surface area contributed by atoms with E-state index < -0.39 is 0 Å². The van der Waals surface area contributed by atoms with E-state index in [2.05, 4.69) is 53.8 Å². The number of hydrogen-bond acceptors (Lipinski definition) is 2. The van der Waals surface area contributed by atoms with E-state index in [1.807, 2.05) is 6.07 Å². The van der Waals surface area contributed by atoms with Gasteiger partial charge in [-0.1, -0.05) is 48.5 Å². The lowest BCUT2D eigenvalue weighted by molar-refractivity contribution is 0.0163. The third-order valence-electron chi connectivity index (χ3n) is 6.65. The van der Waals surface area contributed by atoms with Crippen LogP contribution in [0.5, 0.6) is 5.75 Å². The van der Waals surface area contributed by atoms with Crippen molar-refractivity contribution in [1.29, 1.82) is 0 Å². The fourth-order valence-electron chi connectivity index (χ4n) is 4.95. The lowest BCUT2D eigenvalue weighted by atomic mass is 9.55. The molecule has 0 heterocycles. The lowest BCUT2D eigenvalue weighted by Crippen LogP contribution is -2.54. The first-order valence-corrected chi connectivity index (χ1v) is 9.71. The number of hydrogen-bond donors (Lipinski definition) is 1. The van der Waals surface area contributed by atoms with Gasteiger partial charge < -0.3 is 10.1 Å². The van der Waals surface area contributed by atoms with Crippen LogP contribution >= 0.6 is 0 Å². The lowest BCUT2D eigenvalue weighted by Gasteiger charge is -2.54. The topological polar surface area (TPSA) is 21.3 Å². The summed E-state index contributed by atoms with van der Waals surface area (Å²) in [5, 5.41) is 3.85. The van der Waals surface area contributed by atoms with Crippen molar-refractivity contribution in [1.82, 2.24) is 5.32 Å². The maximum absolute atomic E-state index is 5.49. The Labute approximate surface area is 151 Å². The molecule has 0 aromatic heterocycles. The average molecular weight is 335 g/mol. The summed E-state index contributed by atoms with van der Waals surface area (Å²) in [6.45, 7) is 0.915. The van der Waals surface area contributed by atoms with Crippen molar-refractivity contribution in [2.24, 2.45) is 5.41 Å². The first-order valence-electron chi connectivity index (χ1n) is 9.71. The molecule has 2 heteroatoms. The third kappa shape index (κ3) is 3.32. The molecule has 25 heavy (non-hydrogen) atoms. The van der Waals surface area contributed by atoms with Crippen LogP contribution in [0.3, 0.4) is 0 Å². The fourth-order valence-corrected chi connectivity index (χ4v) is 4.95. The molecular weight excluding hydrogens is 306 g/mol. The van der Waals surface area contributed by atoms with E-state index in [0.717, 1.165) is 18.2 Å². The zero-order valence-electron chi connectivity index (χ0n) is 15.2.